The molecule has 7 nitrogen and oxygen atoms in total. The van der Waals surface area contributed by atoms with E-state index in [9.17, 15) is 14.4 Å². The molecule has 0 spiro atoms. The van der Waals surface area contributed by atoms with Gasteiger partial charge in [-0.25, -0.2) is 4.98 Å². The molecule has 138 valence electrons. The summed E-state index contributed by atoms with van der Waals surface area (Å²) >= 11 is 0. The highest BCUT2D eigenvalue weighted by Crippen LogP contribution is 2.10. The molecular formula is C20H20N4O3. The Balaban J connectivity index is 1.67. The van der Waals surface area contributed by atoms with E-state index < -0.39 is 0 Å². The summed E-state index contributed by atoms with van der Waals surface area (Å²) in [4.78, 5) is 42.2. The summed E-state index contributed by atoms with van der Waals surface area (Å²) < 4.78 is 1.36. The molecule has 1 aromatic heterocycles. The van der Waals surface area contributed by atoms with Gasteiger partial charge in [0.1, 0.15) is 6.54 Å². The van der Waals surface area contributed by atoms with Crippen LogP contribution in [-0.2, 0) is 16.1 Å². The maximum Gasteiger partial charge on any atom is 0.269 e. The molecule has 0 radical (unpaired) electrons. The molecular weight excluding hydrogens is 344 g/mol. The molecule has 3 rings (SSSR count). The van der Waals surface area contributed by atoms with Crippen molar-refractivity contribution in [1.29, 1.82) is 0 Å². The zero-order valence-corrected chi connectivity index (χ0v) is 15.2. The molecule has 7 heteroatoms. The smallest absolute Gasteiger partial charge is 0.269 e. The number of amides is 2. The molecule has 0 aliphatic rings. The monoisotopic (exact) mass is 364 g/mol. The fourth-order valence-corrected chi connectivity index (χ4v) is 2.67. The predicted octanol–water partition coefficient (Wildman–Crippen LogP) is 1.80. The molecule has 1 heterocycles. The Morgan fingerprint density at radius 2 is 1.81 bits per heavy atom. The minimum atomic E-state index is -0.362. The molecule has 0 saturated heterocycles. The molecule has 0 atom stereocenters. The second-order valence-electron chi connectivity index (χ2n) is 6.34. The maximum atomic E-state index is 12.5. The Morgan fingerprint density at radius 3 is 2.56 bits per heavy atom. The number of carbonyl (C=O) groups excluding carboxylic acids is 2. The average Bonchev–Trinajstić information content (AvgIpc) is 2.65. The standard InChI is InChI=1S/C20H20N4O3/c1-14-7-9-15(10-8-14)22-18(25)12-23(2)20(27)13-24-17-6-4-3-5-16(17)21-11-19(24)26/h3-11H,12-13H2,1-2H3,(H,22,25). The lowest BCUT2D eigenvalue weighted by atomic mass is 10.2. The fraction of sp³-hybridized carbons (Fsp3) is 0.200. The molecule has 0 saturated carbocycles. The van der Waals surface area contributed by atoms with Gasteiger partial charge in [-0.15, -0.1) is 0 Å². The highest BCUT2D eigenvalue weighted by Gasteiger charge is 2.15. The number of nitrogens with zero attached hydrogens (tertiary/aromatic N) is 3. The van der Waals surface area contributed by atoms with Crippen molar-refractivity contribution in [2.24, 2.45) is 0 Å². The fourth-order valence-electron chi connectivity index (χ4n) is 2.67. The number of carbonyl (C=O) groups is 2. The second-order valence-corrected chi connectivity index (χ2v) is 6.34. The highest BCUT2D eigenvalue weighted by molar-refractivity contribution is 5.94. The lowest BCUT2D eigenvalue weighted by Crippen LogP contribution is -2.38. The van der Waals surface area contributed by atoms with Crippen LogP contribution < -0.4 is 10.9 Å². The Bertz CT molecular complexity index is 1040. The topological polar surface area (TPSA) is 84.3 Å². The van der Waals surface area contributed by atoms with E-state index in [-0.39, 0.29) is 30.5 Å². The van der Waals surface area contributed by atoms with E-state index in [4.69, 9.17) is 0 Å². The van der Waals surface area contributed by atoms with E-state index >= 15 is 0 Å². The van der Waals surface area contributed by atoms with Gasteiger partial charge in [-0.1, -0.05) is 29.8 Å². The molecule has 2 amide bonds. The number of nitrogens with one attached hydrogen (secondary N) is 1. The van der Waals surface area contributed by atoms with Gasteiger partial charge < -0.3 is 10.2 Å². The number of likely N-dealkylation sites (N-methyl/N-ethyl adjacent to an activating group) is 1. The van der Waals surface area contributed by atoms with Crippen LogP contribution in [0.15, 0.2) is 59.5 Å². The lowest BCUT2D eigenvalue weighted by molar-refractivity contribution is -0.133. The summed E-state index contributed by atoms with van der Waals surface area (Å²) in [6.45, 7) is 1.70. The van der Waals surface area contributed by atoms with Gasteiger partial charge in [0.25, 0.3) is 5.56 Å². The maximum absolute atomic E-state index is 12.5. The highest BCUT2D eigenvalue weighted by atomic mass is 16.2. The van der Waals surface area contributed by atoms with E-state index in [2.05, 4.69) is 10.3 Å². The van der Waals surface area contributed by atoms with Gasteiger partial charge in [0, 0.05) is 12.7 Å². The van der Waals surface area contributed by atoms with Gasteiger partial charge in [-0.05, 0) is 31.2 Å². The number of hydrogen-bond donors (Lipinski definition) is 1. The minimum absolute atomic E-state index is 0.107. The summed E-state index contributed by atoms with van der Waals surface area (Å²) in [5, 5.41) is 2.75. The van der Waals surface area contributed by atoms with E-state index in [1.165, 1.54) is 22.7 Å². The van der Waals surface area contributed by atoms with Crippen LogP contribution in [0.1, 0.15) is 5.56 Å². The average molecular weight is 364 g/mol. The molecule has 0 unspecified atom stereocenters. The first kappa shape index (κ1) is 18.3. The van der Waals surface area contributed by atoms with Gasteiger partial charge >= 0.3 is 0 Å². The molecule has 1 N–H and O–H groups in total. The molecule has 0 aliphatic heterocycles. The van der Waals surface area contributed by atoms with Crippen LogP contribution in [0.5, 0.6) is 0 Å². The van der Waals surface area contributed by atoms with E-state index in [0.29, 0.717) is 16.7 Å². The predicted molar refractivity (Wildman–Crippen MR) is 103 cm³/mol. The van der Waals surface area contributed by atoms with Crippen LogP contribution in [0.3, 0.4) is 0 Å². The second kappa shape index (κ2) is 7.82. The quantitative estimate of drug-likeness (QED) is 0.748. The number of fused-ring (bicyclic) bond motifs is 1. The van der Waals surface area contributed by atoms with Crippen LogP contribution in [0.2, 0.25) is 0 Å². The number of hydrogen-bond acceptors (Lipinski definition) is 4. The summed E-state index contributed by atoms with van der Waals surface area (Å²) in [6, 6.07) is 14.5. The first-order valence-corrected chi connectivity index (χ1v) is 8.49. The van der Waals surface area contributed by atoms with Gasteiger partial charge in [0.2, 0.25) is 11.8 Å². The van der Waals surface area contributed by atoms with E-state index in [1.54, 1.807) is 30.3 Å². The third-order valence-electron chi connectivity index (χ3n) is 4.19. The van der Waals surface area contributed by atoms with Crippen molar-refractivity contribution in [2.75, 3.05) is 18.9 Å². The molecule has 0 aliphatic carbocycles. The largest absolute Gasteiger partial charge is 0.335 e. The Hall–Kier alpha value is -3.48. The molecule has 0 fully saturated rings. The van der Waals surface area contributed by atoms with Gasteiger partial charge in [0.15, 0.2) is 0 Å². The minimum Gasteiger partial charge on any atom is -0.335 e. The van der Waals surface area contributed by atoms with Crippen LogP contribution in [0.25, 0.3) is 11.0 Å². The van der Waals surface area contributed by atoms with E-state index in [1.807, 2.05) is 25.1 Å². The zero-order valence-electron chi connectivity index (χ0n) is 15.2. The number of aryl methyl sites for hydroxylation is 1. The van der Waals surface area contributed by atoms with Crippen molar-refractivity contribution in [1.82, 2.24) is 14.5 Å². The normalized spacial score (nSPS) is 10.6. The van der Waals surface area contributed by atoms with Crippen LogP contribution in [0, 0.1) is 6.92 Å². The van der Waals surface area contributed by atoms with Crippen molar-refractivity contribution in [3.05, 3.63) is 70.6 Å². The summed E-state index contributed by atoms with van der Waals surface area (Å²) in [6.07, 6.45) is 1.19. The van der Waals surface area contributed by atoms with Gasteiger partial charge in [-0.2, -0.15) is 0 Å². The van der Waals surface area contributed by atoms with Crippen molar-refractivity contribution in [2.45, 2.75) is 13.5 Å². The van der Waals surface area contributed by atoms with Crippen LogP contribution in [-0.4, -0.2) is 39.9 Å². The summed E-state index contributed by atoms with van der Waals surface area (Å²) in [5.74, 6) is -0.644. The van der Waals surface area contributed by atoms with E-state index in [0.717, 1.165) is 5.56 Å². The number of benzene rings is 2. The zero-order chi connectivity index (χ0) is 19.4. The van der Waals surface area contributed by atoms with Crippen molar-refractivity contribution >= 4 is 28.5 Å². The first-order chi connectivity index (χ1) is 12.9. The SMILES string of the molecule is Cc1ccc(NC(=O)CN(C)C(=O)Cn2c(=O)cnc3ccccc32)cc1. The first-order valence-electron chi connectivity index (χ1n) is 8.49. The Kier molecular flexibility index (Phi) is 5.30. The van der Waals surface area contributed by atoms with Crippen LogP contribution >= 0.6 is 0 Å². The van der Waals surface area contributed by atoms with Crippen molar-refractivity contribution < 1.29 is 9.59 Å². The third kappa shape index (κ3) is 4.38. The van der Waals surface area contributed by atoms with Crippen molar-refractivity contribution in [3.8, 4) is 0 Å². The Morgan fingerprint density at radius 1 is 1.11 bits per heavy atom. The summed E-state index contributed by atoms with van der Waals surface area (Å²) in [7, 11) is 1.53. The van der Waals surface area contributed by atoms with Gasteiger partial charge in [-0.3, -0.25) is 19.0 Å². The van der Waals surface area contributed by atoms with Crippen LogP contribution in [0.4, 0.5) is 5.69 Å². The number of rotatable bonds is 5. The molecule has 2 aromatic carbocycles. The van der Waals surface area contributed by atoms with Crippen molar-refractivity contribution in [3.63, 3.8) is 0 Å². The van der Waals surface area contributed by atoms with Gasteiger partial charge in [0.05, 0.1) is 23.8 Å². The Labute approximate surface area is 156 Å². The molecule has 0 bridgehead atoms. The molecule has 3 aromatic rings. The third-order valence-corrected chi connectivity index (χ3v) is 4.19. The number of para-hydroxylation sites is 2. The number of aromatic nitrogens is 2. The lowest BCUT2D eigenvalue weighted by Gasteiger charge is -2.18. The summed E-state index contributed by atoms with van der Waals surface area (Å²) in [5.41, 5.74) is 2.61. The molecule has 27 heavy (non-hydrogen) atoms. The number of anilines is 1.